The summed E-state index contributed by atoms with van der Waals surface area (Å²) in [4.78, 5) is 11.3. The van der Waals surface area contributed by atoms with Gasteiger partial charge in [0, 0.05) is 18.3 Å². The molecule has 4 nitrogen and oxygen atoms in total. The number of esters is 1. The van der Waals surface area contributed by atoms with Crippen molar-refractivity contribution in [3.63, 3.8) is 0 Å². The van der Waals surface area contributed by atoms with Gasteiger partial charge < -0.3 is 14.8 Å². The van der Waals surface area contributed by atoms with Gasteiger partial charge in [0.25, 0.3) is 0 Å². The Hall–Kier alpha value is -2.56. The number of hydrogen-bond donors (Lipinski definition) is 1. The van der Waals surface area contributed by atoms with E-state index in [1.807, 2.05) is 24.3 Å². The second kappa shape index (κ2) is 6.74. The first-order valence-electron chi connectivity index (χ1n) is 6.38. The van der Waals surface area contributed by atoms with Gasteiger partial charge in [0.05, 0.1) is 19.8 Å². The fourth-order valence-electron chi connectivity index (χ4n) is 1.88. The molecule has 2 rings (SSSR count). The number of rotatable bonds is 5. The highest BCUT2D eigenvalue weighted by Crippen LogP contribution is 2.18. The Morgan fingerprint density at radius 1 is 1.19 bits per heavy atom. The molecule has 2 aromatic rings. The van der Waals surface area contributed by atoms with Gasteiger partial charge in [-0.05, 0) is 29.8 Å². The van der Waals surface area contributed by atoms with E-state index in [0.717, 1.165) is 17.0 Å². The van der Waals surface area contributed by atoms with Crippen LogP contribution >= 0.6 is 0 Å². The third kappa shape index (κ3) is 3.72. The van der Waals surface area contributed by atoms with E-state index in [0.29, 0.717) is 6.54 Å². The van der Waals surface area contributed by atoms with Crippen LogP contribution in [0.4, 0.5) is 10.1 Å². The molecule has 2 aromatic carbocycles. The van der Waals surface area contributed by atoms with Crippen LogP contribution in [0.2, 0.25) is 0 Å². The number of carbonyl (C=O) groups excluding carboxylic acids is 1. The largest absolute Gasteiger partial charge is 0.497 e. The molecular weight excluding hydrogens is 273 g/mol. The van der Waals surface area contributed by atoms with Gasteiger partial charge in [-0.2, -0.15) is 0 Å². The van der Waals surface area contributed by atoms with Crippen molar-refractivity contribution in [3.05, 3.63) is 59.4 Å². The molecule has 0 saturated carbocycles. The van der Waals surface area contributed by atoms with Crippen molar-refractivity contribution in [1.82, 2.24) is 0 Å². The van der Waals surface area contributed by atoms with Gasteiger partial charge >= 0.3 is 5.97 Å². The minimum absolute atomic E-state index is 0.0670. The van der Waals surface area contributed by atoms with Crippen LogP contribution in [0.5, 0.6) is 5.75 Å². The van der Waals surface area contributed by atoms with Crippen LogP contribution in [-0.2, 0) is 11.3 Å². The summed E-state index contributed by atoms with van der Waals surface area (Å²) in [6.45, 7) is 0.436. The topological polar surface area (TPSA) is 47.6 Å². The SMILES string of the molecule is COC(=O)c1ccc(CNc2cccc(OC)c2)cc1F. The van der Waals surface area contributed by atoms with Crippen LogP contribution in [0.3, 0.4) is 0 Å². The van der Waals surface area contributed by atoms with Crippen molar-refractivity contribution >= 4 is 11.7 Å². The highest BCUT2D eigenvalue weighted by Gasteiger charge is 2.12. The van der Waals surface area contributed by atoms with Crippen LogP contribution < -0.4 is 10.1 Å². The summed E-state index contributed by atoms with van der Waals surface area (Å²) in [5, 5.41) is 3.16. The molecule has 0 fully saturated rings. The van der Waals surface area contributed by atoms with Gasteiger partial charge in [-0.3, -0.25) is 0 Å². The van der Waals surface area contributed by atoms with Crippen molar-refractivity contribution in [2.24, 2.45) is 0 Å². The van der Waals surface area contributed by atoms with E-state index in [2.05, 4.69) is 10.1 Å². The first kappa shape index (κ1) is 14.8. The quantitative estimate of drug-likeness (QED) is 0.858. The molecule has 1 N–H and O–H groups in total. The molecule has 0 aromatic heterocycles. The molecule has 0 bridgehead atoms. The number of benzene rings is 2. The molecular formula is C16H16FNO3. The van der Waals surface area contributed by atoms with Gasteiger partial charge in [0.1, 0.15) is 11.6 Å². The van der Waals surface area contributed by atoms with E-state index in [9.17, 15) is 9.18 Å². The van der Waals surface area contributed by atoms with Crippen LogP contribution in [0.1, 0.15) is 15.9 Å². The Kier molecular flexibility index (Phi) is 4.77. The molecule has 0 aliphatic carbocycles. The summed E-state index contributed by atoms with van der Waals surface area (Å²) in [7, 11) is 2.82. The van der Waals surface area contributed by atoms with Crippen molar-refractivity contribution in [3.8, 4) is 5.75 Å². The molecule has 0 aliphatic heterocycles. The average molecular weight is 289 g/mol. The third-order valence-electron chi connectivity index (χ3n) is 3.01. The Morgan fingerprint density at radius 3 is 2.67 bits per heavy atom. The van der Waals surface area contributed by atoms with Gasteiger partial charge in [-0.15, -0.1) is 0 Å². The van der Waals surface area contributed by atoms with Crippen molar-refractivity contribution < 1.29 is 18.7 Å². The minimum atomic E-state index is -0.681. The molecule has 0 amide bonds. The van der Waals surface area contributed by atoms with E-state index in [-0.39, 0.29) is 5.56 Å². The van der Waals surface area contributed by atoms with Crippen LogP contribution in [-0.4, -0.2) is 20.2 Å². The lowest BCUT2D eigenvalue weighted by atomic mass is 10.1. The van der Waals surface area contributed by atoms with E-state index in [1.165, 1.54) is 19.2 Å². The predicted molar refractivity (Wildman–Crippen MR) is 78.1 cm³/mol. The lowest BCUT2D eigenvalue weighted by molar-refractivity contribution is 0.0595. The second-order valence-electron chi connectivity index (χ2n) is 4.39. The zero-order valence-corrected chi connectivity index (χ0v) is 11.9. The fourth-order valence-corrected chi connectivity index (χ4v) is 1.88. The molecule has 0 saturated heterocycles. The summed E-state index contributed by atoms with van der Waals surface area (Å²) >= 11 is 0. The Bertz CT molecular complexity index is 643. The average Bonchev–Trinajstić information content (AvgIpc) is 2.52. The maximum atomic E-state index is 13.8. The predicted octanol–water partition coefficient (Wildman–Crippen LogP) is 3.23. The Morgan fingerprint density at radius 2 is 2.00 bits per heavy atom. The van der Waals surface area contributed by atoms with Crippen LogP contribution in [0.15, 0.2) is 42.5 Å². The zero-order valence-electron chi connectivity index (χ0n) is 11.9. The molecule has 0 radical (unpaired) electrons. The minimum Gasteiger partial charge on any atom is -0.497 e. The number of halogens is 1. The fraction of sp³-hybridized carbons (Fsp3) is 0.188. The van der Waals surface area contributed by atoms with E-state index < -0.39 is 11.8 Å². The first-order valence-corrected chi connectivity index (χ1v) is 6.38. The number of hydrogen-bond acceptors (Lipinski definition) is 4. The number of ether oxygens (including phenoxy) is 2. The molecule has 0 aliphatic rings. The smallest absolute Gasteiger partial charge is 0.340 e. The monoisotopic (exact) mass is 289 g/mol. The van der Waals surface area contributed by atoms with Gasteiger partial charge in [-0.1, -0.05) is 12.1 Å². The summed E-state index contributed by atoms with van der Waals surface area (Å²) in [5.74, 6) is -0.529. The summed E-state index contributed by atoms with van der Waals surface area (Å²) in [6.07, 6.45) is 0. The maximum Gasteiger partial charge on any atom is 0.340 e. The van der Waals surface area contributed by atoms with Crippen LogP contribution in [0, 0.1) is 5.82 Å². The highest BCUT2D eigenvalue weighted by atomic mass is 19.1. The van der Waals surface area contributed by atoms with Crippen molar-refractivity contribution in [2.75, 3.05) is 19.5 Å². The molecule has 0 unspecified atom stereocenters. The molecule has 0 atom stereocenters. The molecule has 110 valence electrons. The molecule has 0 heterocycles. The van der Waals surface area contributed by atoms with Crippen molar-refractivity contribution in [2.45, 2.75) is 6.54 Å². The highest BCUT2D eigenvalue weighted by molar-refractivity contribution is 5.89. The lowest BCUT2D eigenvalue weighted by Gasteiger charge is -2.09. The van der Waals surface area contributed by atoms with Crippen molar-refractivity contribution in [1.29, 1.82) is 0 Å². The number of nitrogens with one attached hydrogen (secondary N) is 1. The zero-order chi connectivity index (χ0) is 15.2. The standard InChI is InChI=1S/C16H16FNO3/c1-20-13-5-3-4-12(9-13)18-10-11-6-7-14(15(17)8-11)16(19)21-2/h3-9,18H,10H2,1-2H3. The van der Waals surface area contributed by atoms with Gasteiger partial charge in [0.15, 0.2) is 0 Å². The normalized spacial score (nSPS) is 10.0. The van der Waals surface area contributed by atoms with Gasteiger partial charge in [0.2, 0.25) is 0 Å². The Balaban J connectivity index is 2.06. The summed E-state index contributed by atoms with van der Waals surface area (Å²) < 4.78 is 23.4. The molecule has 21 heavy (non-hydrogen) atoms. The number of methoxy groups -OCH3 is 2. The van der Waals surface area contributed by atoms with E-state index >= 15 is 0 Å². The first-order chi connectivity index (χ1) is 10.1. The number of carbonyl (C=O) groups is 1. The second-order valence-corrected chi connectivity index (χ2v) is 4.39. The van der Waals surface area contributed by atoms with Gasteiger partial charge in [-0.25, -0.2) is 9.18 Å². The van der Waals surface area contributed by atoms with Crippen LogP contribution in [0.25, 0.3) is 0 Å². The summed E-state index contributed by atoms with van der Waals surface area (Å²) in [6, 6.07) is 11.9. The maximum absolute atomic E-state index is 13.8. The van der Waals surface area contributed by atoms with E-state index in [4.69, 9.17) is 4.74 Å². The summed E-state index contributed by atoms with van der Waals surface area (Å²) in [5.41, 5.74) is 1.53. The molecule has 0 spiro atoms. The third-order valence-corrected chi connectivity index (χ3v) is 3.01. The number of anilines is 1. The Labute approximate surface area is 122 Å². The molecule has 5 heteroatoms. The lowest BCUT2D eigenvalue weighted by Crippen LogP contribution is -2.06. The van der Waals surface area contributed by atoms with E-state index in [1.54, 1.807) is 13.2 Å².